The number of nitrogens with one attached hydrogen (secondary N) is 1. The number of alkyl halides is 3. The molecule has 2 aliphatic rings. The molecule has 1 aromatic rings. The van der Waals surface area contributed by atoms with Gasteiger partial charge in [0.1, 0.15) is 0 Å². The Morgan fingerprint density at radius 2 is 1.81 bits per heavy atom. The van der Waals surface area contributed by atoms with Gasteiger partial charge in [-0.05, 0) is 38.2 Å². The molecule has 4 nitrogen and oxygen atoms in total. The number of hydrogen-bond donors (Lipinski definition) is 1. The van der Waals surface area contributed by atoms with Crippen LogP contribution in [0.4, 0.5) is 13.2 Å². The predicted molar refractivity (Wildman–Crippen MR) is 96.1 cm³/mol. The number of nitrogens with zero attached hydrogens (tertiary/aromatic N) is 1. The summed E-state index contributed by atoms with van der Waals surface area (Å²) in [6.45, 7) is 3.52. The van der Waals surface area contributed by atoms with Gasteiger partial charge < -0.3 is 10.1 Å². The summed E-state index contributed by atoms with van der Waals surface area (Å²) >= 11 is 0. The topological polar surface area (TPSA) is 41.6 Å². The highest BCUT2D eigenvalue weighted by molar-refractivity contribution is 5.78. The standard InChI is InChI=1S/C20H27F3N2O2/c1-14-11-25(12-18(27-14)15-5-3-2-4-6-15)13-19(26)24-17-9-7-16(8-10-17)20(21,22)23/h2-6,14,16-18H,7-13H2,1H3,(H,24,26)/t14-,16?,17?,18-/m1/s1. The fraction of sp³-hybridized carbons (Fsp3) is 0.650. The number of benzene rings is 1. The summed E-state index contributed by atoms with van der Waals surface area (Å²) in [5.74, 6) is -1.34. The van der Waals surface area contributed by atoms with Gasteiger partial charge in [-0.15, -0.1) is 0 Å². The van der Waals surface area contributed by atoms with E-state index in [2.05, 4.69) is 10.2 Å². The highest BCUT2D eigenvalue weighted by Crippen LogP contribution is 2.37. The summed E-state index contributed by atoms with van der Waals surface area (Å²) in [5.41, 5.74) is 1.08. The van der Waals surface area contributed by atoms with E-state index >= 15 is 0 Å². The summed E-state index contributed by atoms with van der Waals surface area (Å²) in [6.07, 6.45) is -3.21. The Morgan fingerprint density at radius 3 is 2.44 bits per heavy atom. The van der Waals surface area contributed by atoms with E-state index in [0.717, 1.165) is 5.56 Å². The zero-order valence-corrected chi connectivity index (χ0v) is 15.5. The third-order valence-corrected chi connectivity index (χ3v) is 5.43. The van der Waals surface area contributed by atoms with Gasteiger partial charge in [0.15, 0.2) is 0 Å². The van der Waals surface area contributed by atoms with E-state index in [1.54, 1.807) is 0 Å². The van der Waals surface area contributed by atoms with Crippen LogP contribution in [-0.4, -0.2) is 48.8 Å². The van der Waals surface area contributed by atoms with Crippen molar-refractivity contribution in [3.63, 3.8) is 0 Å². The number of ether oxygens (including phenoxy) is 1. The van der Waals surface area contributed by atoms with Gasteiger partial charge in [0.2, 0.25) is 5.91 Å². The van der Waals surface area contributed by atoms with Gasteiger partial charge in [-0.25, -0.2) is 0 Å². The molecule has 0 spiro atoms. The van der Waals surface area contributed by atoms with E-state index < -0.39 is 12.1 Å². The van der Waals surface area contributed by atoms with Crippen molar-refractivity contribution in [2.45, 2.75) is 57.0 Å². The molecule has 1 aliphatic carbocycles. The monoisotopic (exact) mass is 384 g/mol. The number of amides is 1. The van der Waals surface area contributed by atoms with Crippen LogP contribution in [0.5, 0.6) is 0 Å². The quantitative estimate of drug-likeness (QED) is 0.861. The molecule has 2 fully saturated rings. The van der Waals surface area contributed by atoms with Crippen LogP contribution in [0.2, 0.25) is 0 Å². The first-order chi connectivity index (χ1) is 12.8. The zero-order valence-electron chi connectivity index (χ0n) is 15.5. The van der Waals surface area contributed by atoms with E-state index in [-0.39, 0.29) is 43.5 Å². The lowest BCUT2D eigenvalue weighted by Crippen LogP contribution is -2.49. The normalized spacial score (nSPS) is 30.1. The molecule has 0 radical (unpaired) electrons. The number of halogens is 3. The van der Waals surface area contributed by atoms with Crippen molar-refractivity contribution in [2.24, 2.45) is 5.92 Å². The molecule has 0 unspecified atom stereocenters. The molecule has 27 heavy (non-hydrogen) atoms. The minimum absolute atomic E-state index is 0.0129. The Bertz CT molecular complexity index is 615. The summed E-state index contributed by atoms with van der Waals surface area (Å²) in [7, 11) is 0. The maximum atomic E-state index is 12.7. The van der Waals surface area contributed by atoms with E-state index in [0.29, 0.717) is 25.9 Å². The first-order valence-corrected chi connectivity index (χ1v) is 9.60. The van der Waals surface area contributed by atoms with Gasteiger partial charge in [0.05, 0.1) is 24.7 Å². The largest absolute Gasteiger partial charge is 0.391 e. The SMILES string of the molecule is C[C@@H]1CN(CC(=O)NC2CCC(C(F)(F)F)CC2)C[C@H](c2ccccc2)O1. The summed E-state index contributed by atoms with van der Waals surface area (Å²) < 4.78 is 44.2. The van der Waals surface area contributed by atoms with Crippen molar-refractivity contribution < 1.29 is 22.7 Å². The van der Waals surface area contributed by atoms with Crippen LogP contribution in [0.3, 0.4) is 0 Å². The van der Waals surface area contributed by atoms with Gasteiger partial charge in [-0.1, -0.05) is 30.3 Å². The molecule has 1 saturated heterocycles. The molecule has 1 aliphatic heterocycles. The fourth-order valence-electron chi connectivity index (χ4n) is 4.06. The Hall–Kier alpha value is -1.60. The van der Waals surface area contributed by atoms with E-state index in [9.17, 15) is 18.0 Å². The number of carbonyl (C=O) groups excluding carboxylic acids is 1. The highest BCUT2D eigenvalue weighted by atomic mass is 19.4. The summed E-state index contributed by atoms with van der Waals surface area (Å²) in [4.78, 5) is 14.5. The summed E-state index contributed by atoms with van der Waals surface area (Å²) in [5, 5.41) is 2.92. The van der Waals surface area contributed by atoms with E-state index in [1.165, 1.54) is 0 Å². The van der Waals surface area contributed by atoms with Gasteiger partial charge in [-0.2, -0.15) is 13.2 Å². The van der Waals surface area contributed by atoms with Crippen LogP contribution in [-0.2, 0) is 9.53 Å². The lowest BCUT2D eigenvalue weighted by molar-refractivity contribution is -0.182. The van der Waals surface area contributed by atoms with Crippen molar-refractivity contribution in [1.82, 2.24) is 10.2 Å². The smallest absolute Gasteiger partial charge is 0.368 e. The number of rotatable bonds is 4. The minimum Gasteiger partial charge on any atom is -0.368 e. The van der Waals surface area contributed by atoms with Gasteiger partial charge in [0, 0.05) is 19.1 Å². The lowest BCUT2D eigenvalue weighted by atomic mass is 9.85. The molecule has 1 aromatic carbocycles. The average molecular weight is 384 g/mol. The van der Waals surface area contributed by atoms with Crippen molar-refractivity contribution in [1.29, 1.82) is 0 Å². The number of morpholine rings is 1. The van der Waals surface area contributed by atoms with Gasteiger partial charge >= 0.3 is 6.18 Å². The molecule has 1 heterocycles. The second-order valence-electron chi connectivity index (χ2n) is 7.70. The molecule has 0 bridgehead atoms. The number of carbonyl (C=O) groups is 1. The number of hydrogen-bond acceptors (Lipinski definition) is 3. The Balaban J connectivity index is 1.48. The average Bonchev–Trinajstić information content (AvgIpc) is 2.61. The molecular weight excluding hydrogens is 357 g/mol. The highest BCUT2D eigenvalue weighted by Gasteiger charge is 2.41. The molecule has 7 heteroatoms. The Labute approximate surface area is 158 Å². The van der Waals surface area contributed by atoms with Crippen molar-refractivity contribution in [3.05, 3.63) is 35.9 Å². The van der Waals surface area contributed by atoms with Gasteiger partial charge in [-0.3, -0.25) is 9.69 Å². The second kappa shape index (κ2) is 8.61. The van der Waals surface area contributed by atoms with Gasteiger partial charge in [0.25, 0.3) is 0 Å². The first-order valence-electron chi connectivity index (χ1n) is 9.60. The molecule has 3 rings (SSSR count). The minimum atomic E-state index is -4.12. The molecule has 1 saturated carbocycles. The van der Waals surface area contributed by atoms with Crippen LogP contribution < -0.4 is 5.32 Å². The molecule has 1 N–H and O–H groups in total. The molecule has 150 valence electrons. The Kier molecular flexibility index (Phi) is 6.42. The molecule has 1 amide bonds. The van der Waals surface area contributed by atoms with Crippen LogP contribution in [0.15, 0.2) is 30.3 Å². The third-order valence-electron chi connectivity index (χ3n) is 5.43. The lowest BCUT2D eigenvalue weighted by Gasteiger charge is -2.37. The predicted octanol–water partition coefficient (Wildman–Crippen LogP) is 3.69. The van der Waals surface area contributed by atoms with Crippen LogP contribution in [0.25, 0.3) is 0 Å². The van der Waals surface area contributed by atoms with E-state index in [1.807, 2.05) is 37.3 Å². The molecule has 0 aromatic heterocycles. The molecular formula is C20H27F3N2O2. The van der Waals surface area contributed by atoms with Crippen molar-refractivity contribution in [3.8, 4) is 0 Å². The maximum Gasteiger partial charge on any atom is 0.391 e. The molecule has 2 atom stereocenters. The second-order valence-corrected chi connectivity index (χ2v) is 7.70. The summed E-state index contributed by atoms with van der Waals surface area (Å²) in [6, 6.07) is 9.76. The zero-order chi connectivity index (χ0) is 19.4. The van der Waals surface area contributed by atoms with Crippen LogP contribution in [0, 0.1) is 5.92 Å². The first kappa shape index (κ1) is 20.1. The Morgan fingerprint density at radius 1 is 1.15 bits per heavy atom. The third kappa shape index (κ3) is 5.69. The van der Waals surface area contributed by atoms with Crippen molar-refractivity contribution in [2.75, 3.05) is 19.6 Å². The maximum absolute atomic E-state index is 12.7. The van der Waals surface area contributed by atoms with Crippen LogP contribution >= 0.6 is 0 Å². The van der Waals surface area contributed by atoms with Crippen molar-refractivity contribution >= 4 is 5.91 Å². The van der Waals surface area contributed by atoms with Crippen LogP contribution in [0.1, 0.15) is 44.3 Å². The van der Waals surface area contributed by atoms with E-state index in [4.69, 9.17) is 4.74 Å². The fourth-order valence-corrected chi connectivity index (χ4v) is 4.06.